The van der Waals surface area contributed by atoms with Crippen molar-refractivity contribution in [1.82, 2.24) is 14.8 Å². The number of aromatic nitrogens is 3. The van der Waals surface area contributed by atoms with Gasteiger partial charge in [-0.1, -0.05) is 35.5 Å². The van der Waals surface area contributed by atoms with E-state index in [0.717, 1.165) is 28.0 Å². The quantitative estimate of drug-likeness (QED) is 0.475. The zero-order valence-electron chi connectivity index (χ0n) is 13.6. The molecule has 0 saturated heterocycles. The fourth-order valence-corrected chi connectivity index (χ4v) is 3.34. The zero-order chi connectivity index (χ0) is 16.9. The average Bonchev–Trinajstić information content (AvgIpc) is 3.00. The molecule has 0 aliphatic carbocycles. The van der Waals surface area contributed by atoms with E-state index in [-0.39, 0.29) is 0 Å². The van der Waals surface area contributed by atoms with Crippen LogP contribution in [0, 0.1) is 6.92 Å². The molecule has 0 aliphatic rings. The summed E-state index contributed by atoms with van der Waals surface area (Å²) in [4.78, 5) is 0. The van der Waals surface area contributed by atoms with Crippen molar-refractivity contribution in [2.75, 3.05) is 19.5 Å². The van der Waals surface area contributed by atoms with E-state index in [0.29, 0.717) is 11.6 Å². The van der Waals surface area contributed by atoms with Gasteiger partial charge in [-0.15, -0.1) is 10.2 Å². The first-order valence-electron chi connectivity index (χ1n) is 7.59. The van der Waals surface area contributed by atoms with Gasteiger partial charge in [-0.2, -0.15) is 0 Å². The fraction of sp³-hybridized carbons (Fsp3) is 0.222. The summed E-state index contributed by atoms with van der Waals surface area (Å²) >= 11 is 7.63. The van der Waals surface area contributed by atoms with Crippen molar-refractivity contribution in [3.05, 3.63) is 59.1 Å². The molecular weight excluding hydrogens is 342 g/mol. The summed E-state index contributed by atoms with van der Waals surface area (Å²) in [6.45, 7) is 2.75. The molecule has 0 saturated carbocycles. The van der Waals surface area contributed by atoms with Crippen LogP contribution in [0.4, 0.5) is 0 Å². The molecule has 0 fully saturated rings. The standard InChI is InChI=1S/C18H18ClN3OS/c1-13-4-3-5-16(12-13)22-17(14-6-8-15(19)9-7-14)20-21-18(22)24-11-10-23-2/h3-9,12H,10-11H2,1-2H3. The van der Waals surface area contributed by atoms with Crippen LogP contribution < -0.4 is 0 Å². The smallest absolute Gasteiger partial charge is 0.196 e. The lowest BCUT2D eigenvalue weighted by Crippen LogP contribution is -2.01. The number of aryl methyl sites for hydroxylation is 1. The largest absolute Gasteiger partial charge is 0.384 e. The number of ether oxygens (including phenoxy) is 1. The molecule has 0 N–H and O–H groups in total. The number of hydrogen-bond acceptors (Lipinski definition) is 4. The van der Waals surface area contributed by atoms with Gasteiger partial charge in [0.15, 0.2) is 11.0 Å². The van der Waals surface area contributed by atoms with E-state index in [1.807, 2.05) is 30.3 Å². The molecule has 2 aromatic carbocycles. The van der Waals surface area contributed by atoms with Gasteiger partial charge in [-0.3, -0.25) is 4.57 Å². The number of hydrogen-bond donors (Lipinski definition) is 0. The Bertz CT molecular complexity index is 817. The maximum Gasteiger partial charge on any atom is 0.196 e. The Hall–Kier alpha value is -1.82. The maximum atomic E-state index is 6.01. The van der Waals surface area contributed by atoms with Gasteiger partial charge in [0.2, 0.25) is 0 Å². The van der Waals surface area contributed by atoms with Gasteiger partial charge in [0.25, 0.3) is 0 Å². The van der Waals surface area contributed by atoms with Crippen LogP contribution in [0.25, 0.3) is 17.1 Å². The number of benzene rings is 2. The zero-order valence-corrected chi connectivity index (χ0v) is 15.1. The van der Waals surface area contributed by atoms with Crippen LogP contribution in [-0.4, -0.2) is 34.2 Å². The second-order valence-electron chi connectivity index (χ2n) is 5.33. The molecule has 4 nitrogen and oxygen atoms in total. The van der Waals surface area contributed by atoms with Gasteiger partial charge in [-0.25, -0.2) is 0 Å². The van der Waals surface area contributed by atoms with Gasteiger partial charge >= 0.3 is 0 Å². The second-order valence-corrected chi connectivity index (χ2v) is 6.83. The number of nitrogens with zero attached hydrogens (tertiary/aromatic N) is 3. The summed E-state index contributed by atoms with van der Waals surface area (Å²) in [5, 5.41) is 10.3. The Kier molecular flexibility index (Phi) is 5.56. The molecule has 6 heteroatoms. The van der Waals surface area contributed by atoms with E-state index in [1.54, 1.807) is 18.9 Å². The van der Waals surface area contributed by atoms with Gasteiger partial charge in [0.1, 0.15) is 0 Å². The number of halogens is 1. The lowest BCUT2D eigenvalue weighted by atomic mass is 10.2. The maximum absolute atomic E-state index is 6.01. The Balaban J connectivity index is 2.07. The van der Waals surface area contributed by atoms with Crippen LogP contribution in [0.1, 0.15) is 5.56 Å². The Labute approximate surface area is 150 Å². The minimum absolute atomic E-state index is 0.668. The van der Waals surface area contributed by atoms with Crippen molar-refractivity contribution in [3.63, 3.8) is 0 Å². The van der Waals surface area contributed by atoms with Crippen molar-refractivity contribution in [3.8, 4) is 17.1 Å². The Morgan fingerprint density at radius 3 is 2.62 bits per heavy atom. The van der Waals surface area contributed by atoms with Crippen LogP contribution in [0.5, 0.6) is 0 Å². The summed E-state index contributed by atoms with van der Waals surface area (Å²) in [6.07, 6.45) is 0. The first-order valence-corrected chi connectivity index (χ1v) is 8.95. The van der Waals surface area contributed by atoms with E-state index in [4.69, 9.17) is 16.3 Å². The molecule has 3 aromatic rings. The molecule has 124 valence electrons. The molecular formula is C18H18ClN3OS. The highest BCUT2D eigenvalue weighted by Gasteiger charge is 2.16. The topological polar surface area (TPSA) is 39.9 Å². The fourth-order valence-electron chi connectivity index (χ4n) is 2.37. The Morgan fingerprint density at radius 2 is 1.92 bits per heavy atom. The molecule has 1 heterocycles. The number of rotatable bonds is 6. The summed E-state index contributed by atoms with van der Waals surface area (Å²) < 4.78 is 7.22. The molecule has 0 aliphatic heterocycles. The molecule has 0 amide bonds. The van der Waals surface area contributed by atoms with Crippen LogP contribution in [0.3, 0.4) is 0 Å². The monoisotopic (exact) mass is 359 g/mol. The normalized spacial score (nSPS) is 11.0. The van der Waals surface area contributed by atoms with E-state index in [1.165, 1.54) is 5.56 Å². The van der Waals surface area contributed by atoms with E-state index >= 15 is 0 Å². The third kappa shape index (κ3) is 3.80. The summed E-state index contributed by atoms with van der Waals surface area (Å²) in [6, 6.07) is 16.0. The summed E-state index contributed by atoms with van der Waals surface area (Å²) in [5.74, 6) is 1.62. The summed E-state index contributed by atoms with van der Waals surface area (Å²) in [5.41, 5.74) is 3.22. The highest BCUT2D eigenvalue weighted by molar-refractivity contribution is 7.99. The number of thioether (sulfide) groups is 1. The van der Waals surface area contributed by atoms with Crippen LogP contribution >= 0.6 is 23.4 Å². The molecule has 0 bridgehead atoms. The predicted octanol–water partition coefficient (Wildman–Crippen LogP) is 4.63. The van der Waals surface area contributed by atoms with Gasteiger partial charge in [-0.05, 0) is 48.9 Å². The molecule has 0 unspecified atom stereocenters. The Morgan fingerprint density at radius 1 is 1.12 bits per heavy atom. The third-order valence-corrected chi connectivity index (χ3v) is 4.66. The van der Waals surface area contributed by atoms with Gasteiger partial charge in [0, 0.05) is 29.1 Å². The van der Waals surface area contributed by atoms with E-state index < -0.39 is 0 Å². The van der Waals surface area contributed by atoms with Crippen LogP contribution in [0.15, 0.2) is 53.7 Å². The lowest BCUT2D eigenvalue weighted by Gasteiger charge is -2.11. The molecule has 0 atom stereocenters. The van der Waals surface area contributed by atoms with Gasteiger partial charge < -0.3 is 4.74 Å². The van der Waals surface area contributed by atoms with Crippen molar-refractivity contribution in [2.45, 2.75) is 12.1 Å². The SMILES string of the molecule is COCCSc1nnc(-c2ccc(Cl)cc2)n1-c1cccc(C)c1. The second kappa shape index (κ2) is 7.83. The lowest BCUT2D eigenvalue weighted by molar-refractivity contribution is 0.218. The molecule has 0 radical (unpaired) electrons. The highest BCUT2D eigenvalue weighted by Crippen LogP contribution is 2.28. The average molecular weight is 360 g/mol. The predicted molar refractivity (Wildman–Crippen MR) is 99.1 cm³/mol. The van der Waals surface area contributed by atoms with Crippen molar-refractivity contribution >= 4 is 23.4 Å². The van der Waals surface area contributed by atoms with Crippen LogP contribution in [-0.2, 0) is 4.74 Å². The van der Waals surface area contributed by atoms with E-state index in [9.17, 15) is 0 Å². The first-order chi connectivity index (χ1) is 11.7. The first kappa shape index (κ1) is 17.0. The summed E-state index contributed by atoms with van der Waals surface area (Å²) in [7, 11) is 1.70. The highest BCUT2D eigenvalue weighted by atomic mass is 35.5. The van der Waals surface area contributed by atoms with Crippen molar-refractivity contribution in [2.24, 2.45) is 0 Å². The van der Waals surface area contributed by atoms with E-state index in [2.05, 4.69) is 39.9 Å². The molecule has 1 aromatic heterocycles. The van der Waals surface area contributed by atoms with Gasteiger partial charge in [0.05, 0.1) is 6.61 Å². The molecule has 0 spiro atoms. The molecule has 3 rings (SSSR count). The van der Waals surface area contributed by atoms with Crippen molar-refractivity contribution < 1.29 is 4.74 Å². The van der Waals surface area contributed by atoms with Crippen molar-refractivity contribution in [1.29, 1.82) is 0 Å². The van der Waals surface area contributed by atoms with Crippen LogP contribution in [0.2, 0.25) is 5.02 Å². The molecule has 24 heavy (non-hydrogen) atoms. The number of methoxy groups -OCH3 is 1. The minimum atomic E-state index is 0.668. The third-order valence-electron chi connectivity index (χ3n) is 3.51. The minimum Gasteiger partial charge on any atom is -0.384 e.